The number of rotatable bonds is 6. The van der Waals surface area contributed by atoms with Gasteiger partial charge in [0.25, 0.3) is 0 Å². The molecule has 0 aliphatic heterocycles. The van der Waals surface area contributed by atoms with Gasteiger partial charge in [-0.15, -0.1) is 0 Å². The molecule has 5 nitrogen and oxygen atoms in total. The number of benzene rings is 1. The van der Waals surface area contributed by atoms with Crippen LogP contribution < -0.4 is 5.32 Å². The molecule has 0 heterocycles. The smallest absolute Gasteiger partial charge is 0.304 e. The normalized spacial score (nSPS) is 10.5. The summed E-state index contributed by atoms with van der Waals surface area (Å²) in [5.74, 6) is -1.12. The number of halogens is 2. The van der Waals surface area contributed by atoms with Crippen LogP contribution in [0.2, 0.25) is 5.02 Å². The van der Waals surface area contributed by atoms with E-state index in [4.69, 9.17) is 16.7 Å². The summed E-state index contributed by atoms with van der Waals surface area (Å²) in [5.41, 5.74) is 0.529. The lowest BCUT2D eigenvalue weighted by Gasteiger charge is -2.15. The average molecular weight is 350 g/mol. The fourth-order valence-electron chi connectivity index (χ4n) is 1.39. The maximum atomic E-state index is 11.7. The number of carboxylic acid groups (broad SMARTS) is 1. The van der Waals surface area contributed by atoms with E-state index in [1.54, 1.807) is 30.1 Å². The van der Waals surface area contributed by atoms with Gasteiger partial charge in [0.2, 0.25) is 5.91 Å². The van der Waals surface area contributed by atoms with Crippen LogP contribution in [0, 0.1) is 0 Å². The Morgan fingerprint density at radius 2 is 2.16 bits per heavy atom. The molecule has 0 aromatic heterocycles. The number of aliphatic carboxylic acids is 1. The summed E-state index contributed by atoms with van der Waals surface area (Å²) in [5, 5.41) is 11.7. The molecule has 0 fully saturated rings. The number of amides is 1. The van der Waals surface area contributed by atoms with Crippen LogP contribution in [-0.2, 0) is 9.59 Å². The van der Waals surface area contributed by atoms with E-state index in [1.165, 1.54) is 0 Å². The maximum Gasteiger partial charge on any atom is 0.304 e. The topological polar surface area (TPSA) is 69.6 Å². The first-order valence-electron chi connectivity index (χ1n) is 5.53. The minimum Gasteiger partial charge on any atom is -0.481 e. The first-order chi connectivity index (χ1) is 8.88. The molecule has 1 aromatic rings. The molecular weight excluding hydrogens is 336 g/mol. The Kier molecular flexibility index (Phi) is 6.27. The third-order valence-corrected chi connectivity index (χ3v) is 3.13. The van der Waals surface area contributed by atoms with Crippen molar-refractivity contribution in [3.8, 4) is 0 Å². The van der Waals surface area contributed by atoms with Crippen LogP contribution in [0.4, 0.5) is 5.69 Å². The number of likely N-dealkylation sites (N-methyl/N-ethyl adjacent to an activating group) is 1. The minimum absolute atomic E-state index is 0.00280. The molecule has 7 heteroatoms. The van der Waals surface area contributed by atoms with E-state index in [9.17, 15) is 9.59 Å². The Bertz CT molecular complexity index is 482. The molecule has 2 N–H and O–H groups in total. The van der Waals surface area contributed by atoms with Crippen molar-refractivity contribution >= 4 is 45.1 Å². The third kappa shape index (κ3) is 6.04. The van der Waals surface area contributed by atoms with Crippen molar-refractivity contribution < 1.29 is 14.7 Å². The van der Waals surface area contributed by atoms with Crippen LogP contribution >= 0.6 is 27.5 Å². The minimum atomic E-state index is -0.886. The summed E-state index contributed by atoms with van der Waals surface area (Å²) in [7, 11) is 1.69. The highest BCUT2D eigenvalue weighted by Gasteiger charge is 2.10. The molecule has 1 rings (SSSR count). The summed E-state index contributed by atoms with van der Waals surface area (Å²) >= 11 is 9.25. The summed E-state index contributed by atoms with van der Waals surface area (Å²) in [4.78, 5) is 23.8. The zero-order valence-corrected chi connectivity index (χ0v) is 12.7. The van der Waals surface area contributed by atoms with Gasteiger partial charge in [-0.25, -0.2) is 0 Å². The van der Waals surface area contributed by atoms with E-state index in [1.807, 2.05) is 0 Å². The lowest BCUT2D eigenvalue weighted by molar-refractivity contribution is -0.137. The van der Waals surface area contributed by atoms with E-state index in [-0.39, 0.29) is 18.9 Å². The molecule has 104 valence electrons. The van der Waals surface area contributed by atoms with Gasteiger partial charge in [-0.05, 0) is 25.2 Å². The Morgan fingerprint density at radius 3 is 2.74 bits per heavy atom. The van der Waals surface area contributed by atoms with E-state index < -0.39 is 5.97 Å². The molecule has 19 heavy (non-hydrogen) atoms. The Morgan fingerprint density at radius 1 is 1.47 bits per heavy atom. The van der Waals surface area contributed by atoms with Gasteiger partial charge in [-0.2, -0.15) is 0 Å². The van der Waals surface area contributed by atoms with E-state index in [0.29, 0.717) is 17.3 Å². The standard InChI is InChI=1S/C12H14BrClN2O3/c1-16(5-4-12(18)19)7-11(17)15-10-3-2-8(13)6-9(10)14/h2-3,6H,4-5,7H2,1H3,(H,15,17)(H,18,19). The van der Waals surface area contributed by atoms with Gasteiger partial charge in [-0.1, -0.05) is 27.5 Å². The fourth-order valence-corrected chi connectivity index (χ4v) is 2.11. The van der Waals surface area contributed by atoms with Gasteiger partial charge in [0.1, 0.15) is 0 Å². The van der Waals surface area contributed by atoms with E-state index in [2.05, 4.69) is 21.2 Å². The Balaban J connectivity index is 2.48. The molecule has 0 aliphatic rings. The summed E-state index contributed by atoms with van der Waals surface area (Å²) in [6, 6.07) is 5.16. The molecule has 0 radical (unpaired) electrons. The lowest BCUT2D eigenvalue weighted by atomic mass is 10.3. The molecule has 0 bridgehead atoms. The number of carbonyl (C=O) groups excluding carboxylic acids is 1. The first kappa shape index (κ1) is 15.9. The number of carbonyl (C=O) groups is 2. The molecule has 0 aliphatic carbocycles. The van der Waals surface area contributed by atoms with Gasteiger partial charge >= 0.3 is 5.97 Å². The van der Waals surface area contributed by atoms with Gasteiger partial charge in [-0.3, -0.25) is 14.5 Å². The fraction of sp³-hybridized carbons (Fsp3) is 0.333. The van der Waals surface area contributed by atoms with Crippen LogP contribution in [0.1, 0.15) is 6.42 Å². The van der Waals surface area contributed by atoms with Crippen LogP contribution in [0.5, 0.6) is 0 Å². The Hall–Kier alpha value is -1.11. The van der Waals surface area contributed by atoms with Crippen LogP contribution in [0.25, 0.3) is 0 Å². The van der Waals surface area contributed by atoms with E-state index in [0.717, 1.165) is 4.47 Å². The highest BCUT2D eigenvalue weighted by Crippen LogP contribution is 2.25. The van der Waals surface area contributed by atoms with Gasteiger partial charge in [0, 0.05) is 11.0 Å². The number of nitrogens with zero attached hydrogens (tertiary/aromatic N) is 1. The van der Waals surface area contributed by atoms with Crippen molar-refractivity contribution in [2.24, 2.45) is 0 Å². The second kappa shape index (κ2) is 7.47. The van der Waals surface area contributed by atoms with Gasteiger partial charge in [0.05, 0.1) is 23.7 Å². The highest BCUT2D eigenvalue weighted by molar-refractivity contribution is 9.10. The second-order valence-electron chi connectivity index (χ2n) is 4.05. The monoisotopic (exact) mass is 348 g/mol. The lowest BCUT2D eigenvalue weighted by Crippen LogP contribution is -2.31. The predicted octanol–water partition coefficient (Wildman–Crippen LogP) is 2.45. The summed E-state index contributed by atoms with van der Waals surface area (Å²) < 4.78 is 0.828. The summed E-state index contributed by atoms with van der Waals surface area (Å²) in [6.07, 6.45) is 0.00280. The SMILES string of the molecule is CN(CCC(=O)O)CC(=O)Nc1ccc(Br)cc1Cl. The quantitative estimate of drug-likeness (QED) is 0.827. The number of nitrogens with one attached hydrogen (secondary N) is 1. The van der Waals surface area contributed by atoms with E-state index >= 15 is 0 Å². The average Bonchev–Trinajstić information content (AvgIpc) is 2.30. The van der Waals surface area contributed by atoms with Crippen molar-refractivity contribution in [1.29, 1.82) is 0 Å². The molecule has 1 aromatic carbocycles. The molecule has 0 saturated heterocycles. The van der Waals surface area contributed by atoms with Crippen molar-refractivity contribution in [1.82, 2.24) is 4.90 Å². The largest absolute Gasteiger partial charge is 0.481 e. The van der Waals surface area contributed by atoms with Crippen molar-refractivity contribution in [2.45, 2.75) is 6.42 Å². The number of hydrogen-bond acceptors (Lipinski definition) is 3. The third-order valence-electron chi connectivity index (χ3n) is 2.33. The molecular formula is C12H14BrClN2O3. The second-order valence-corrected chi connectivity index (χ2v) is 5.38. The number of carboxylic acids is 1. The summed E-state index contributed by atoms with van der Waals surface area (Å²) in [6.45, 7) is 0.427. The van der Waals surface area contributed by atoms with Crippen molar-refractivity contribution in [3.63, 3.8) is 0 Å². The molecule has 0 saturated carbocycles. The highest BCUT2D eigenvalue weighted by atomic mass is 79.9. The molecule has 0 spiro atoms. The number of hydrogen-bond donors (Lipinski definition) is 2. The maximum absolute atomic E-state index is 11.7. The predicted molar refractivity (Wildman–Crippen MR) is 77.5 cm³/mol. The zero-order chi connectivity index (χ0) is 14.4. The molecule has 0 unspecified atom stereocenters. The molecule has 1 amide bonds. The van der Waals surface area contributed by atoms with Crippen LogP contribution in [0.15, 0.2) is 22.7 Å². The van der Waals surface area contributed by atoms with Gasteiger partial charge in [0.15, 0.2) is 0 Å². The van der Waals surface area contributed by atoms with Crippen LogP contribution in [-0.4, -0.2) is 42.0 Å². The molecule has 0 atom stereocenters. The first-order valence-corrected chi connectivity index (χ1v) is 6.71. The van der Waals surface area contributed by atoms with Crippen molar-refractivity contribution in [3.05, 3.63) is 27.7 Å². The van der Waals surface area contributed by atoms with Gasteiger partial charge < -0.3 is 10.4 Å². The van der Waals surface area contributed by atoms with Crippen molar-refractivity contribution in [2.75, 3.05) is 25.5 Å². The number of anilines is 1. The van der Waals surface area contributed by atoms with Crippen LogP contribution in [0.3, 0.4) is 0 Å². The Labute approximate surface area is 124 Å². The zero-order valence-electron chi connectivity index (χ0n) is 10.3.